The van der Waals surface area contributed by atoms with Crippen LogP contribution in [0.5, 0.6) is 11.6 Å². The zero-order valence-electron chi connectivity index (χ0n) is 11.0. The number of aldehydes is 1. The number of benzene rings is 1. The summed E-state index contributed by atoms with van der Waals surface area (Å²) in [6.45, 7) is 5.72. The fraction of sp³-hybridized carbons (Fsp3) is 0.200. The van der Waals surface area contributed by atoms with Crippen molar-refractivity contribution in [2.24, 2.45) is 0 Å². The number of hydrogen-bond donors (Lipinski definition) is 0. The summed E-state index contributed by atoms with van der Waals surface area (Å²) in [5, 5.41) is 0.684. The molecule has 0 N–H and O–H groups in total. The van der Waals surface area contributed by atoms with Crippen molar-refractivity contribution in [2.45, 2.75) is 20.8 Å². The smallest absolute Gasteiger partial charge is 0.222 e. The average Bonchev–Trinajstić information content (AvgIpc) is 2.35. The second-order valence-corrected chi connectivity index (χ2v) is 4.92. The van der Waals surface area contributed by atoms with Gasteiger partial charge in [0, 0.05) is 22.3 Å². The van der Waals surface area contributed by atoms with Gasteiger partial charge < -0.3 is 4.74 Å². The number of pyridine rings is 1. The predicted molar refractivity (Wildman–Crippen MR) is 75.4 cm³/mol. The van der Waals surface area contributed by atoms with Crippen molar-refractivity contribution in [1.82, 2.24) is 4.98 Å². The van der Waals surface area contributed by atoms with E-state index in [0.717, 1.165) is 28.7 Å². The number of carbonyl (C=O) groups excluding carboxylic acids is 1. The summed E-state index contributed by atoms with van der Waals surface area (Å²) in [5.74, 6) is 1.25. The summed E-state index contributed by atoms with van der Waals surface area (Å²) in [6, 6.07) is 5.44. The number of ether oxygens (including phenoxy) is 1. The molecule has 1 aromatic heterocycles. The molecule has 3 nitrogen and oxygen atoms in total. The number of carbonyl (C=O) groups is 1. The zero-order valence-corrected chi connectivity index (χ0v) is 11.8. The predicted octanol–water partition coefficient (Wildman–Crippen LogP) is 4.27. The molecule has 0 fully saturated rings. The van der Waals surface area contributed by atoms with Crippen LogP contribution in [-0.4, -0.2) is 11.3 Å². The second-order valence-electron chi connectivity index (χ2n) is 4.48. The topological polar surface area (TPSA) is 39.2 Å². The van der Waals surface area contributed by atoms with Gasteiger partial charge in [0.25, 0.3) is 0 Å². The number of aryl methyl sites for hydroxylation is 3. The summed E-state index contributed by atoms with van der Waals surface area (Å²) in [4.78, 5) is 14.8. The van der Waals surface area contributed by atoms with E-state index in [1.807, 2.05) is 32.9 Å². The number of aromatic nitrogens is 1. The van der Waals surface area contributed by atoms with Crippen molar-refractivity contribution in [3.63, 3.8) is 0 Å². The van der Waals surface area contributed by atoms with Crippen molar-refractivity contribution < 1.29 is 9.53 Å². The van der Waals surface area contributed by atoms with Crippen LogP contribution in [0, 0.1) is 20.8 Å². The molecular formula is C15H14ClNO2. The molecule has 2 rings (SSSR count). The molecule has 2 aromatic rings. The Morgan fingerprint density at radius 2 is 1.74 bits per heavy atom. The van der Waals surface area contributed by atoms with Gasteiger partial charge >= 0.3 is 0 Å². The van der Waals surface area contributed by atoms with Gasteiger partial charge in [0.15, 0.2) is 6.29 Å². The minimum atomic E-state index is 0.499. The first kappa shape index (κ1) is 13.6. The molecular weight excluding hydrogens is 262 g/mol. The monoisotopic (exact) mass is 275 g/mol. The Kier molecular flexibility index (Phi) is 3.86. The number of hydrogen-bond acceptors (Lipinski definition) is 3. The average molecular weight is 276 g/mol. The molecule has 98 valence electrons. The Bertz CT molecular complexity index is 615. The van der Waals surface area contributed by atoms with Crippen LogP contribution in [0.2, 0.25) is 5.02 Å². The Morgan fingerprint density at radius 1 is 1.11 bits per heavy atom. The Labute approximate surface area is 117 Å². The van der Waals surface area contributed by atoms with Crippen LogP contribution in [0.15, 0.2) is 24.4 Å². The highest BCUT2D eigenvalue weighted by Gasteiger charge is 2.10. The summed E-state index contributed by atoms with van der Waals surface area (Å²) < 4.78 is 5.84. The van der Waals surface area contributed by atoms with E-state index in [2.05, 4.69) is 4.98 Å². The first-order valence-corrected chi connectivity index (χ1v) is 6.25. The van der Waals surface area contributed by atoms with Crippen LogP contribution < -0.4 is 4.74 Å². The first-order chi connectivity index (χ1) is 9.01. The van der Waals surface area contributed by atoms with Crippen LogP contribution in [0.3, 0.4) is 0 Å². The van der Waals surface area contributed by atoms with Crippen LogP contribution in [-0.2, 0) is 0 Å². The highest BCUT2D eigenvalue weighted by molar-refractivity contribution is 6.30. The standard InChI is InChI=1S/C15H14ClNO2/c1-9-5-13(16)6-10(2)14(9)19-15-11(3)4-12(8-18)7-17-15/h4-8H,1-3H3. The molecule has 0 radical (unpaired) electrons. The number of halogens is 1. The molecule has 0 aliphatic carbocycles. The van der Waals surface area contributed by atoms with Gasteiger partial charge in [0.2, 0.25) is 5.88 Å². The van der Waals surface area contributed by atoms with Crippen LogP contribution in [0.25, 0.3) is 0 Å². The first-order valence-electron chi connectivity index (χ1n) is 5.87. The largest absolute Gasteiger partial charge is 0.438 e. The number of nitrogens with zero attached hydrogens (tertiary/aromatic N) is 1. The summed E-state index contributed by atoms with van der Waals surface area (Å²) in [5.41, 5.74) is 3.25. The van der Waals surface area contributed by atoms with Crippen molar-refractivity contribution in [3.8, 4) is 11.6 Å². The zero-order chi connectivity index (χ0) is 14.0. The molecule has 0 amide bonds. The molecule has 4 heteroatoms. The molecule has 1 heterocycles. The van der Waals surface area contributed by atoms with Gasteiger partial charge in [-0.25, -0.2) is 4.98 Å². The SMILES string of the molecule is Cc1cc(C=O)cnc1Oc1c(C)cc(Cl)cc1C. The molecule has 0 aliphatic heterocycles. The molecule has 0 saturated carbocycles. The molecule has 0 bridgehead atoms. The highest BCUT2D eigenvalue weighted by atomic mass is 35.5. The van der Waals surface area contributed by atoms with Gasteiger partial charge in [0.1, 0.15) is 5.75 Å². The minimum absolute atomic E-state index is 0.499. The number of rotatable bonds is 3. The maximum absolute atomic E-state index is 10.7. The van der Waals surface area contributed by atoms with Crippen molar-refractivity contribution in [3.05, 3.63) is 51.7 Å². The van der Waals surface area contributed by atoms with Crippen LogP contribution in [0.1, 0.15) is 27.0 Å². The molecule has 0 atom stereocenters. The van der Waals surface area contributed by atoms with Gasteiger partial charge in [0.05, 0.1) is 0 Å². The summed E-state index contributed by atoms with van der Waals surface area (Å²) in [7, 11) is 0. The fourth-order valence-electron chi connectivity index (χ4n) is 1.91. The van der Waals surface area contributed by atoms with E-state index in [0.29, 0.717) is 16.5 Å². The van der Waals surface area contributed by atoms with Crippen LogP contribution >= 0.6 is 11.6 Å². The van der Waals surface area contributed by atoms with E-state index in [-0.39, 0.29) is 0 Å². The third-order valence-corrected chi connectivity index (χ3v) is 3.03. The van der Waals surface area contributed by atoms with Gasteiger partial charge in [-0.1, -0.05) is 11.6 Å². The van der Waals surface area contributed by atoms with E-state index in [4.69, 9.17) is 16.3 Å². The van der Waals surface area contributed by atoms with E-state index >= 15 is 0 Å². The van der Waals surface area contributed by atoms with E-state index in [9.17, 15) is 4.79 Å². The lowest BCUT2D eigenvalue weighted by Gasteiger charge is -2.13. The molecule has 0 aliphatic rings. The molecule has 0 spiro atoms. The summed E-state index contributed by atoms with van der Waals surface area (Å²) >= 11 is 5.99. The van der Waals surface area contributed by atoms with Gasteiger partial charge in [-0.3, -0.25) is 4.79 Å². The lowest BCUT2D eigenvalue weighted by molar-refractivity contribution is 0.112. The van der Waals surface area contributed by atoms with E-state index < -0.39 is 0 Å². The maximum atomic E-state index is 10.7. The fourth-order valence-corrected chi connectivity index (χ4v) is 2.24. The normalized spacial score (nSPS) is 10.3. The maximum Gasteiger partial charge on any atom is 0.222 e. The second kappa shape index (κ2) is 5.41. The van der Waals surface area contributed by atoms with E-state index in [1.54, 1.807) is 6.07 Å². The van der Waals surface area contributed by atoms with Gasteiger partial charge in [-0.05, 0) is 50.1 Å². The Hall–Kier alpha value is -1.87. The Morgan fingerprint density at radius 3 is 2.26 bits per heavy atom. The van der Waals surface area contributed by atoms with E-state index in [1.165, 1.54) is 6.20 Å². The lowest BCUT2D eigenvalue weighted by Crippen LogP contribution is -1.96. The molecule has 0 saturated heterocycles. The van der Waals surface area contributed by atoms with Crippen molar-refractivity contribution in [2.75, 3.05) is 0 Å². The quantitative estimate of drug-likeness (QED) is 0.786. The van der Waals surface area contributed by atoms with Gasteiger partial charge in [-0.15, -0.1) is 0 Å². The van der Waals surface area contributed by atoms with Gasteiger partial charge in [-0.2, -0.15) is 0 Å². The summed E-state index contributed by atoms with van der Waals surface area (Å²) in [6.07, 6.45) is 2.26. The third kappa shape index (κ3) is 2.93. The highest BCUT2D eigenvalue weighted by Crippen LogP contribution is 2.31. The Balaban J connectivity index is 2.39. The molecule has 1 aromatic carbocycles. The molecule has 0 unspecified atom stereocenters. The van der Waals surface area contributed by atoms with Crippen molar-refractivity contribution in [1.29, 1.82) is 0 Å². The lowest BCUT2D eigenvalue weighted by atomic mass is 10.1. The third-order valence-electron chi connectivity index (χ3n) is 2.81. The minimum Gasteiger partial charge on any atom is -0.438 e. The van der Waals surface area contributed by atoms with Crippen LogP contribution in [0.4, 0.5) is 0 Å². The van der Waals surface area contributed by atoms with Crippen molar-refractivity contribution >= 4 is 17.9 Å². The molecule has 19 heavy (non-hydrogen) atoms.